The number of anilines is 2. The minimum Gasteiger partial charge on any atom is -0.396 e. The highest BCUT2D eigenvalue weighted by Crippen LogP contribution is 2.14. The summed E-state index contributed by atoms with van der Waals surface area (Å²) in [6, 6.07) is 1.88. The van der Waals surface area contributed by atoms with E-state index in [1.165, 1.54) is 0 Å². The number of nitrogens with two attached hydrogens (primary N) is 1. The number of hydrogen-bond donors (Lipinski definition) is 2. The van der Waals surface area contributed by atoms with Gasteiger partial charge in [-0.15, -0.1) is 0 Å². The third-order valence-electron chi connectivity index (χ3n) is 1.73. The molecule has 3 N–H and O–H groups in total. The number of aromatic nitrogens is 1. The number of rotatable bonds is 4. The quantitative estimate of drug-likeness (QED) is 0.714. The molecule has 0 aliphatic carbocycles. The second kappa shape index (κ2) is 4.67. The summed E-state index contributed by atoms with van der Waals surface area (Å²) in [7, 11) is 4.08. The van der Waals surface area contributed by atoms with Gasteiger partial charge in [0.15, 0.2) is 0 Å². The van der Waals surface area contributed by atoms with E-state index in [-0.39, 0.29) is 0 Å². The van der Waals surface area contributed by atoms with Crippen molar-refractivity contribution in [2.45, 2.75) is 0 Å². The van der Waals surface area contributed by atoms with Crippen LogP contribution in [0.15, 0.2) is 18.5 Å². The number of nitrogens with zero attached hydrogens (tertiary/aromatic N) is 2. The van der Waals surface area contributed by atoms with Crippen LogP contribution >= 0.6 is 0 Å². The van der Waals surface area contributed by atoms with E-state index in [4.69, 9.17) is 5.73 Å². The van der Waals surface area contributed by atoms with Crippen molar-refractivity contribution in [2.75, 3.05) is 38.2 Å². The molecule has 1 rings (SSSR count). The number of likely N-dealkylation sites (N-methyl/N-ethyl adjacent to an activating group) is 1. The van der Waals surface area contributed by atoms with Crippen molar-refractivity contribution in [1.82, 2.24) is 9.88 Å². The predicted molar refractivity (Wildman–Crippen MR) is 55.7 cm³/mol. The second-order valence-electron chi connectivity index (χ2n) is 3.19. The fraction of sp³-hybridized carbons (Fsp3) is 0.444. The molecule has 0 bridgehead atoms. The summed E-state index contributed by atoms with van der Waals surface area (Å²) < 4.78 is 0. The van der Waals surface area contributed by atoms with Crippen LogP contribution in [0, 0.1) is 0 Å². The molecule has 1 heterocycles. The van der Waals surface area contributed by atoms with Gasteiger partial charge in [-0.05, 0) is 20.2 Å². The Morgan fingerprint density at radius 3 is 2.92 bits per heavy atom. The summed E-state index contributed by atoms with van der Waals surface area (Å²) in [4.78, 5) is 6.03. The van der Waals surface area contributed by atoms with E-state index in [0.29, 0.717) is 5.69 Å². The monoisotopic (exact) mass is 180 g/mol. The van der Waals surface area contributed by atoms with E-state index < -0.39 is 0 Å². The van der Waals surface area contributed by atoms with Gasteiger partial charge in [0.1, 0.15) is 0 Å². The zero-order valence-electron chi connectivity index (χ0n) is 8.12. The minimum atomic E-state index is 0.696. The highest BCUT2D eigenvalue weighted by Gasteiger charge is 1.96. The Labute approximate surface area is 78.8 Å². The molecule has 0 fully saturated rings. The second-order valence-corrected chi connectivity index (χ2v) is 3.19. The first kappa shape index (κ1) is 9.80. The number of pyridine rings is 1. The summed E-state index contributed by atoms with van der Waals surface area (Å²) in [5.41, 5.74) is 7.35. The Hall–Kier alpha value is -1.29. The highest BCUT2D eigenvalue weighted by molar-refractivity contribution is 5.64. The third-order valence-corrected chi connectivity index (χ3v) is 1.73. The Bertz CT molecular complexity index is 260. The topological polar surface area (TPSA) is 54.2 Å². The highest BCUT2D eigenvalue weighted by atomic mass is 15.1. The van der Waals surface area contributed by atoms with E-state index in [2.05, 4.69) is 15.2 Å². The molecule has 1 aromatic heterocycles. The molecule has 13 heavy (non-hydrogen) atoms. The Morgan fingerprint density at radius 2 is 2.31 bits per heavy atom. The maximum absolute atomic E-state index is 5.70. The van der Waals surface area contributed by atoms with E-state index in [9.17, 15) is 0 Å². The zero-order chi connectivity index (χ0) is 9.68. The molecule has 0 spiro atoms. The van der Waals surface area contributed by atoms with Crippen LogP contribution in [-0.2, 0) is 0 Å². The van der Waals surface area contributed by atoms with Gasteiger partial charge in [-0.3, -0.25) is 4.98 Å². The Balaban J connectivity index is 2.41. The average Bonchev–Trinajstić information content (AvgIpc) is 2.08. The number of nitrogen functional groups attached to an aromatic ring is 1. The summed E-state index contributed by atoms with van der Waals surface area (Å²) in [6.07, 6.45) is 3.38. The van der Waals surface area contributed by atoms with Crippen molar-refractivity contribution in [3.8, 4) is 0 Å². The van der Waals surface area contributed by atoms with Gasteiger partial charge in [0.2, 0.25) is 0 Å². The first-order valence-corrected chi connectivity index (χ1v) is 4.28. The molecule has 4 heteroatoms. The Kier molecular flexibility index (Phi) is 3.52. The van der Waals surface area contributed by atoms with Crippen molar-refractivity contribution in [3.05, 3.63) is 18.5 Å². The predicted octanol–water partition coefficient (Wildman–Crippen LogP) is 0.637. The van der Waals surface area contributed by atoms with Crippen LogP contribution in [0.5, 0.6) is 0 Å². The average molecular weight is 180 g/mol. The van der Waals surface area contributed by atoms with Crippen LogP contribution in [0.3, 0.4) is 0 Å². The molecule has 0 atom stereocenters. The van der Waals surface area contributed by atoms with Crippen molar-refractivity contribution in [2.24, 2.45) is 0 Å². The van der Waals surface area contributed by atoms with Crippen molar-refractivity contribution in [3.63, 3.8) is 0 Å². The zero-order valence-corrected chi connectivity index (χ0v) is 8.12. The van der Waals surface area contributed by atoms with Gasteiger partial charge >= 0.3 is 0 Å². The summed E-state index contributed by atoms with van der Waals surface area (Å²) in [5, 5.41) is 3.24. The fourth-order valence-electron chi connectivity index (χ4n) is 0.982. The standard InChI is InChI=1S/C9H16N4/c1-13(2)6-5-12-9-3-4-11-7-8(9)10/h3-4,7H,5-6,10H2,1-2H3,(H,11,12). The van der Waals surface area contributed by atoms with Gasteiger partial charge in [-0.25, -0.2) is 0 Å². The lowest BCUT2D eigenvalue weighted by Gasteiger charge is -2.12. The van der Waals surface area contributed by atoms with E-state index >= 15 is 0 Å². The molecule has 72 valence electrons. The maximum Gasteiger partial charge on any atom is 0.0736 e. The number of hydrogen-bond acceptors (Lipinski definition) is 4. The SMILES string of the molecule is CN(C)CCNc1ccncc1N. The van der Waals surface area contributed by atoms with Gasteiger partial charge in [0.05, 0.1) is 17.6 Å². The lowest BCUT2D eigenvalue weighted by atomic mass is 10.3. The van der Waals surface area contributed by atoms with E-state index in [1.807, 2.05) is 20.2 Å². The molecule has 0 saturated carbocycles. The summed E-state index contributed by atoms with van der Waals surface area (Å²) in [6.45, 7) is 1.88. The minimum absolute atomic E-state index is 0.696. The van der Waals surface area contributed by atoms with Crippen LogP contribution < -0.4 is 11.1 Å². The van der Waals surface area contributed by atoms with Gasteiger partial charge < -0.3 is 16.0 Å². The third kappa shape index (κ3) is 3.29. The van der Waals surface area contributed by atoms with Gasteiger partial charge in [0, 0.05) is 19.3 Å². The normalized spacial score (nSPS) is 10.4. The summed E-state index contributed by atoms with van der Waals surface area (Å²) >= 11 is 0. The lowest BCUT2D eigenvalue weighted by molar-refractivity contribution is 0.425. The van der Waals surface area contributed by atoms with Gasteiger partial charge in [-0.1, -0.05) is 0 Å². The molecule has 0 radical (unpaired) electrons. The first-order chi connectivity index (χ1) is 6.20. The smallest absolute Gasteiger partial charge is 0.0736 e. The van der Waals surface area contributed by atoms with Gasteiger partial charge in [0.25, 0.3) is 0 Å². The summed E-state index contributed by atoms with van der Waals surface area (Å²) in [5.74, 6) is 0. The molecule has 0 aromatic carbocycles. The van der Waals surface area contributed by atoms with Crippen LogP contribution in [-0.4, -0.2) is 37.1 Å². The van der Waals surface area contributed by atoms with Crippen LogP contribution in [0.1, 0.15) is 0 Å². The van der Waals surface area contributed by atoms with Crippen LogP contribution in [0.2, 0.25) is 0 Å². The largest absolute Gasteiger partial charge is 0.396 e. The molecular weight excluding hydrogens is 164 g/mol. The van der Waals surface area contributed by atoms with Crippen molar-refractivity contribution < 1.29 is 0 Å². The first-order valence-electron chi connectivity index (χ1n) is 4.28. The lowest BCUT2D eigenvalue weighted by Crippen LogP contribution is -2.21. The molecular formula is C9H16N4. The molecule has 4 nitrogen and oxygen atoms in total. The van der Waals surface area contributed by atoms with Crippen LogP contribution in [0.4, 0.5) is 11.4 Å². The fourth-order valence-corrected chi connectivity index (χ4v) is 0.982. The van der Waals surface area contributed by atoms with Crippen LogP contribution in [0.25, 0.3) is 0 Å². The molecule has 0 aliphatic heterocycles. The van der Waals surface area contributed by atoms with Gasteiger partial charge in [-0.2, -0.15) is 0 Å². The maximum atomic E-state index is 5.70. The van der Waals surface area contributed by atoms with E-state index in [0.717, 1.165) is 18.8 Å². The molecule has 0 saturated heterocycles. The Morgan fingerprint density at radius 1 is 1.54 bits per heavy atom. The molecule has 0 amide bonds. The van der Waals surface area contributed by atoms with Crippen molar-refractivity contribution in [1.29, 1.82) is 0 Å². The van der Waals surface area contributed by atoms with Crippen molar-refractivity contribution >= 4 is 11.4 Å². The molecule has 0 aliphatic rings. The molecule has 0 unspecified atom stereocenters. The number of nitrogens with one attached hydrogen (secondary N) is 1. The van der Waals surface area contributed by atoms with E-state index in [1.54, 1.807) is 12.4 Å². The molecule has 1 aromatic rings.